The highest BCUT2D eigenvalue weighted by Gasteiger charge is 2.36. The lowest BCUT2D eigenvalue weighted by Crippen LogP contribution is -2.35. The SMILES string of the molecule is CC1(C)Cc2cc(C(=O)O)ccc2NC1c1cccc(CC(=O)c2cnccn2)c1. The van der Waals surface area contributed by atoms with Crippen LogP contribution in [-0.4, -0.2) is 26.8 Å². The van der Waals surface area contributed by atoms with Crippen molar-refractivity contribution in [2.75, 3.05) is 5.32 Å². The molecule has 0 aliphatic carbocycles. The van der Waals surface area contributed by atoms with E-state index in [9.17, 15) is 14.7 Å². The molecular formula is C24H23N3O3. The van der Waals surface area contributed by atoms with Gasteiger partial charge in [-0.1, -0.05) is 38.1 Å². The predicted octanol–water partition coefficient (Wildman–Crippen LogP) is 4.34. The number of anilines is 1. The van der Waals surface area contributed by atoms with Crippen LogP contribution < -0.4 is 5.32 Å². The zero-order valence-corrected chi connectivity index (χ0v) is 16.9. The summed E-state index contributed by atoms with van der Waals surface area (Å²) >= 11 is 0. The maximum atomic E-state index is 12.5. The third-order valence-corrected chi connectivity index (χ3v) is 5.58. The zero-order chi connectivity index (χ0) is 21.3. The molecule has 4 rings (SSSR count). The fraction of sp³-hybridized carbons (Fsp3) is 0.250. The summed E-state index contributed by atoms with van der Waals surface area (Å²) in [7, 11) is 0. The zero-order valence-electron chi connectivity index (χ0n) is 16.9. The first kappa shape index (κ1) is 19.8. The van der Waals surface area contributed by atoms with Crippen molar-refractivity contribution >= 4 is 17.4 Å². The van der Waals surface area contributed by atoms with E-state index in [0.29, 0.717) is 11.3 Å². The van der Waals surface area contributed by atoms with Crippen LogP contribution in [0.5, 0.6) is 0 Å². The predicted molar refractivity (Wildman–Crippen MR) is 114 cm³/mol. The Balaban J connectivity index is 1.60. The van der Waals surface area contributed by atoms with E-state index in [4.69, 9.17) is 0 Å². The molecule has 1 unspecified atom stereocenters. The highest BCUT2D eigenvalue weighted by atomic mass is 16.4. The highest BCUT2D eigenvalue weighted by molar-refractivity contribution is 5.95. The molecule has 2 aromatic carbocycles. The number of carboxylic acids is 1. The summed E-state index contributed by atoms with van der Waals surface area (Å²) in [6.45, 7) is 4.33. The van der Waals surface area contributed by atoms with E-state index in [1.807, 2.05) is 18.2 Å². The number of hydrogen-bond acceptors (Lipinski definition) is 5. The number of nitrogens with zero attached hydrogens (tertiary/aromatic N) is 2. The van der Waals surface area contributed by atoms with Crippen molar-refractivity contribution in [1.29, 1.82) is 0 Å². The van der Waals surface area contributed by atoms with Crippen molar-refractivity contribution in [2.45, 2.75) is 32.7 Å². The van der Waals surface area contributed by atoms with Gasteiger partial charge >= 0.3 is 5.97 Å². The fourth-order valence-electron chi connectivity index (χ4n) is 4.09. The number of hydrogen-bond donors (Lipinski definition) is 2. The van der Waals surface area contributed by atoms with Gasteiger partial charge < -0.3 is 10.4 Å². The Bertz CT molecular complexity index is 1110. The monoisotopic (exact) mass is 401 g/mol. The largest absolute Gasteiger partial charge is 0.478 e. The van der Waals surface area contributed by atoms with Gasteiger partial charge in [0.1, 0.15) is 5.69 Å². The van der Waals surface area contributed by atoms with Crippen LogP contribution in [0.25, 0.3) is 0 Å². The maximum absolute atomic E-state index is 12.5. The fourth-order valence-corrected chi connectivity index (χ4v) is 4.09. The summed E-state index contributed by atoms with van der Waals surface area (Å²) in [6, 6.07) is 13.3. The summed E-state index contributed by atoms with van der Waals surface area (Å²) in [5, 5.41) is 12.9. The highest BCUT2D eigenvalue weighted by Crippen LogP contribution is 2.45. The second-order valence-electron chi connectivity index (χ2n) is 8.36. The normalized spacial score (nSPS) is 16.9. The summed E-state index contributed by atoms with van der Waals surface area (Å²) < 4.78 is 0. The molecule has 0 saturated carbocycles. The van der Waals surface area contributed by atoms with Crippen LogP contribution in [0, 0.1) is 5.41 Å². The molecule has 152 valence electrons. The maximum Gasteiger partial charge on any atom is 0.335 e. The van der Waals surface area contributed by atoms with Gasteiger partial charge in [-0.05, 0) is 46.7 Å². The molecule has 0 saturated heterocycles. The molecular weight excluding hydrogens is 378 g/mol. The third-order valence-electron chi connectivity index (χ3n) is 5.58. The van der Waals surface area contributed by atoms with Gasteiger partial charge in [-0.15, -0.1) is 0 Å². The van der Waals surface area contributed by atoms with Crippen LogP contribution in [0.15, 0.2) is 61.1 Å². The van der Waals surface area contributed by atoms with Gasteiger partial charge in [0.15, 0.2) is 5.78 Å². The van der Waals surface area contributed by atoms with E-state index in [1.54, 1.807) is 18.3 Å². The first-order chi connectivity index (χ1) is 14.3. The molecule has 2 N–H and O–H groups in total. The van der Waals surface area contributed by atoms with E-state index < -0.39 is 5.97 Å². The third kappa shape index (κ3) is 3.94. The van der Waals surface area contributed by atoms with E-state index in [2.05, 4.69) is 41.3 Å². The van der Waals surface area contributed by atoms with Crippen LogP contribution in [0.3, 0.4) is 0 Å². The number of ketones is 1. The van der Waals surface area contributed by atoms with Gasteiger partial charge in [-0.3, -0.25) is 9.78 Å². The number of nitrogens with one attached hydrogen (secondary N) is 1. The average molecular weight is 401 g/mol. The van der Waals surface area contributed by atoms with Crippen molar-refractivity contribution in [3.8, 4) is 0 Å². The Hall–Kier alpha value is -3.54. The average Bonchev–Trinajstić information content (AvgIpc) is 2.73. The van der Waals surface area contributed by atoms with Gasteiger partial charge in [0.05, 0.1) is 17.8 Å². The van der Waals surface area contributed by atoms with E-state index in [1.165, 1.54) is 12.4 Å². The molecule has 1 aliphatic heterocycles. The second-order valence-corrected chi connectivity index (χ2v) is 8.36. The van der Waals surface area contributed by atoms with Crippen molar-refractivity contribution in [3.05, 3.63) is 89.0 Å². The molecule has 1 aromatic heterocycles. The number of Topliss-reactive ketones (excluding diaryl/α,β-unsaturated/α-hetero) is 1. The van der Waals surface area contributed by atoms with Crippen LogP contribution >= 0.6 is 0 Å². The van der Waals surface area contributed by atoms with E-state index in [-0.39, 0.29) is 23.7 Å². The lowest BCUT2D eigenvalue weighted by molar-refractivity contribution is 0.0696. The molecule has 3 aromatic rings. The summed E-state index contributed by atoms with van der Waals surface area (Å²) in [5.74, 6) is -0.985. The van der Waals surface area contributed by atoms with Crippen LogP contribution in [0.2, 0.25) is 0 Å². The molecule has 6 nitrogen and oxygen atoms in total. The minimum absolute atomic E-state index is 0.0345. The van der Waals surface area contributed by atoms with Crippen LogP contribution in [0.4, 0.5) is 5.69 Å². The van der Waals surface area contributed by atoms with E-state index in [0.717, 1.165) is 28.8 Å². The Morgan fingerprint density at radius 2 is 2.00 bits per heavy atom. The van der Waals surface area contributed by atoms with Gasteiger partial charge in [-0.2, -0.15) is 0 Å². The molecule has 0 amide bonds. The van der Waals surface area contributed by atoms with Gasteiger partial charge in [0.25, 0.3) is 0 Å². The smallest absolute Gasteiger partial charge is 0.335 e. The number of rotatable bonds is 5. The molecule has 6 heteroatoms. The van der Waals surface area contributed by atoms with Gasteiger partial charge in [-0.25, -0.2) is 9.78 Å². The first-order valence-corrected chi connectivity index (χ1v) is 9.84. The number of aromatic carboxylic acids is 1. The topological polar surface area (TPSA) is 92.2 Å². The lowest BCUT2D eigenvalue weighted by Gasteiger charge is -2.41. The number of aromatic nitrogens is 2. The molecule has 30 heavy (non-hydrogen) atoms. The number of fused-ring (bicyclic) bond motifs is 1. The van der Waals surface area contributed by atoms with Gasteiger partial charge in [0, 0.05) is 24.5 Å². The summed E-state index contributed by atoms with van der Waals surface area (Å²) in [4.78, 5) is 31.9. The molecule has 1 atom stereocenters. The molecule has 0 bridgehead atoms. The molecule has 1 aliphatic rings. The lowest BCUT2D eigenvalue weighted by atomic mass is 9.72. The Kier molecular flexibility index (Phi) is 5.08. The standard InChI is InChI=1S/C24H23N3O3/c1-24(2)13-18-12-17(23(29)30)6-7-19(18)27-22(24)16-5-3-4-15(10-16)11-21(28)20-14-25-8-9-26-20/h3-10,12,14,22,27H,11,13H2,1-2H3,(H,29,30). The molecule has 0 radical (unpaired) electrons. The minimum Gasteiger partial charge on any atom is -0.478 e. The second kappa shape index (κ2) is 7.71. The number of carboxylic acid groups (broad SMARTS) is 1. The minimum atomic E-state index is -0.918. The first-order valence-electron chi connectivity index (χ1n) is 9.84. The number of carbonyl (C=O) groups is 2. The quantitative estimate of drug-likeness (QED) is 0.618. The number of benzene rings is 2. The van der Waals surface area contributed by atoms with Crippen LogP contribution in [-0.2, 0) is 12.8 Å². The van der Waals surface area contributed by atoms with Gasteiger partial charge in [0.2, 0.25) is 0 Å². The summed E-state index contributed by atoms with van der Waals surface area (Å²) in [5.41, 5.74) is 4.50. The molecule has 2 heterocycles. The molecule has 0 spiro atoms. The Labute approximate surface area is 175 Å². The molecule has 0 fully saturated rings. The Morgan fingerprint density at radius 3 is 2.73 bits per heavy atom. The van der Waals surface area contributed by atoms with E-state index >= 15 is 0 Å². The van der Waals surface area contributed by atoms with Crippen LogP contribution in [0.1, 0.15) is 57.4 Å². The number of carbonyl (C=O) groups excluding carboxylic acids is 1. The van der Waals surface area contributed by atoms with Crippen molar-refractivity contribution in [2.24, 2.45) is 5.41 Å². The summed E-state index contributed by atoms with van der Waals surface area (Å²) in [6.07, 6.45) is 5.57. The Morgan fingerprint density at radius 1 is 1.17 bits per heavy atom. The van der Waals surface area contributed by atoms with Crippen molar-refractivity contribution in [3.63, 3.8) is 0 Å². The van der Waals surface area contributed by atoms with Crippen molar-refractivity contribution in [1.82, 2.24) is 9.97 Å². The van der Waals surface area contributed by atoms with Crippen molar-refractivity contribution < 1.29 is 14.7 Å².